The van der Waals surface area contributed by atoms with E-state index >= 15 is 0 Å². The summed E-state index contributed by atoms with van der Waals surface area (Å²) >= 11 is 0. The highest BCUT2D eigenvalue weighted by Crippen LogP contribution is 2.23. The van der Waals surface area contributed by atoms with Gasteiger partial charge in [-0.05, 0) is 68.5 Å². The summed E-state index contributed by atoms with van der Waals surface area (Å²) in [5.41, 5.74) is 3.68. The number of hydrogen-bond acceptors (Lipinski definition) is 8. The second-order valence-electron chi connectivity index (χ2n) is 9.33. The van der Waals surface area contributed by atoms with Crippen LogP contribution in [0.15, 0.2) is 87.0 Å². The number of nitrogens with zero attached hydrogens (tertiary/aromatic N) is 2. The Morgan fingerprint density at radius 3 is 2.40 bits per heavy atom. The fourth-order valence-electron chi connectivity index (χ4n) is 4.11. The van der Waals surface area contributed by atoms with E-state index in [4.69, 9.17) is 23.1 Å². The van der Waals surface area contributed by atoms with Crippen molar-refractivity contribution in [2.75, 3.05) is 6.61 Å². The van der Waals surface area contributed by atoms with Crippen LogP contribution in [0.5, 0.6) is 5.75 Å². The molecule has 0 N–H and O–H groups in total. The second kappa shape index (κ2) is 15.3. The summed E-state index contributed by atoms with van der Waals surface area (Å²) in [5, 5.41) is 4.48. The van der Waals surface area contributed by atoms with E-state index in [1.807, 2.05) is 68.4 Å². The van der Waals surface area contributed by atoms with Crippen LogP contribution in [0, 0.1) is 6.92 Å². The Bertz CT molecular complexity index is 1330. The van der Waals surface area contributed by atoms with Gasteiger partial charge in [-0.1, -0.05) is 60.5 Å². The normalized spacial score (nSPS) is 11.4. The summed E-state index contributed by atoms with van der Waals surface area (Å²) < 4.78 is 21.9. The molecule has 0 atom stereocenters. The molecule has 0 unspecified atom stereocenters. The second-order valence-corrected chi connectivity index (χ2v) is 9.33. The van der Waals surface area contributed by atoms with E-state index in [1.165, 1.54) is 0 Å². The molecule has 0 aliphatic rings. The smallest absolute Gasteiger partial charge is 0.305 e. The summed E-state index contributed by atoms with van der Waals surface area (Å²) in [6.45, 7) is 4.76. The fourth-order valence-corrected chi connectivity index (χ4v) is 4.11. The van der Waals surface area contributed by atoms with Crippen LogP contribution in [-0.2, 0) is 27.6 Å². The first-order chi connectivity index (χ1) is 19.6. The molecular formula is C32H36N2O6. The van der Waals surface area contributed by atoms with Gasteiger partial charge in [0, 0.05) is 6.42 Å². The van der Waals surface area contributed by atoms with E-state index in [-0.39, 0.29) is 5.97 Å². The number of benzene rings is 2. The van der Waals surface area contributed by atoms with Crippen LogP contribution in [0.1, 0.15) is 68.0 Å². The predicted octanol–water partition coefficient (Wildman–Crippen LogP) is 7.65. The highest BCUT2D eigenvalue weighted by Gasteiger charge is 2.14. The van der Waals surface area contributed by atoms with Gasteiger partial charge in [0.1, 0.15) is 30.4 Å². The van der Waals surface area contributed by atoms with Gasteiger partial charge >= 0.3 is 5.97 Å². The molecule has 0 aliphatic heterocycles. The first-order valence-corrected chi connectivity index (χ1v) is 13.7. The Morgan fingerprint density at radius 1 is 0.900 bits per heavy atom. The zero-order valence-electron chi connectivity index (χ0n) is 23.1. The van der Waals surface area contributed by atoms with Crippen molar-refractivity contribution in [3.05, 3.63) is 95.6 Å². The van der Waals surface area contributed by atoms with Crippen LogP contribution in [-0.4, -0.2) is 23.3 Å². The van der Waals surface area contributed by atoms with Gasteiger partial charge < -0.3 is 23.1 Å². The Hall–Kier alpha value is -4.33. The molecule has 2 aromatic heterocycles. The van der Waals surface area contributed by atoms with Gasteiger partial charge in [-0.2, -0.15) is 0 Å². The van der Waals surface area contributed by atoms with Crippen LogP contribution in [0.25, 0.3) is 11.7 Å². The zero-order chi connectivity index (χ0) is 28.0. The molecule has 0 saturated heterocycles. The summed E-state index contributed by atoms with van der Waals surface area (Å²) in [4.78, 5) is 21.7. The number of furan rings is 1. The molecule has 4 rings (SSSR count). The lowest BCUT2D eigenvalue weighted by Gasteiger charge is -2.09. The fraction of sp³-hybridized carbons (Fsp3) is 0.344. The minimum Gasteiger partial charge on any atom is -0.487 e. The molecule has 0 aliphatic carbocycles. The summed E-state index contributed by atoms with van der Waals surface area (Å²) in [7, 11) is 0. The van der Waals surface area contributed by atoms with E-state index in [0.29, 0.717) is 43.7 Å². The molecule has 0 amide bonds. The summed E-state index contributed by atoms with van der Waals surface area (Å²) in [6, 6.07) is 21.4. The average molecular weight is 545 g/mol. The Morgan fingerprint density at radius 2 is 1.68 bits per heavy atom. The number of hydrogen-bond donors (Lipinski definition) is 0. The summed E-state index contributed by atoms with van der Waals surface area (Å²) in [6.07, 6.45) is 6.69. The van der Waals surface area contributed by atoms with Crippen molar-refractivity contribution in [1.82, 2.24) is 4.98 Å². The Kier molecular flexibility index (Phi) is 11.0. The van der Waals surface area contributed by atoms with E-state index in [2.05, 4.69) is 10.1 Å². The predicted molar refractivity (Wildman–Crippen MR) is 152 cm³/mol. The quantitative estimate of drug-likeness (QED) is 0.0618. The minimum absolute atomic E-state index is 0.119. The van der Waals surface area contributed by atoms with E-state index < -0.39 is 0 Å². The van der Waals surface area contributed by atoms with Crippen molar-refractivity contribution in [3.63, 3.8) is 0 Å². The molecule has 4 aromatic rings. The van der Waals surface area contributed by atoms with Crippen LogP contribution in [0.3, 0.4) is 0 Å². The van der Waals surface area contributed by atoms with Crippen molar-refractivity contribution in [3.8, 4) is 17.4 Å². The Labute approximate surface area is 235 Å². The Balaban J connectivity index is 1.24. The maximum Gasteiger partial charge on any atom is 0.305 e. The molecule has 8 heteroatoms. The third-order valence-corrected chi connectivity index (χ3v) is 6.29. The maximum absolute atomic E-state index is 11.5. The van der Waals surface area contributed by atoms with Gasteiger partial charge in [0.25, 0.3) is 5.89 Å². The number of oxime groups is 1. The molecule has 40 heavy (non-hydrogen) atoms. The van der Waals surface area contributed by atoms with Crippen molar-refractivity contribution in [2.24, 2.45) is 5.16 Å². The number of aromatic nitrogens is 1. The molecule has 0 spiro atoms. The molecule has 0 radical (unpaired) electrons. The van der Waals surface area contributed by atoms with E-state index in [9.17, 15) is 4.79 Å². The van der Waals surface area contributed by atoms with E-state index in [0.717, 1.165) is 60.4 Å². The third-order valence-electron chi connectivity index (χ3n) is 6.29. The lowest BCUT2D eigenvalue weighted by Crippen LogP contribution is -2.04. The average Bonchev–Trinajstić information content (AvgIpc) is 3.64. The molecule has 8 nitrogen and oxygen atoms in total. The number of unbranched alkanes of at least 4 members (excludes halogenated alkanes) is 3. The third kappa shape index (κ3) is 8.86. The van der Waals surface area contributed by atoms with Gasteiger partial charge in [0.05, 0.1) is 18.6 Å². The highest BCUT2D eigenvalue weighted by molar-refractivity contribution is 6.00. The van der Waals surface area contributed by atoms with Crippen LogP contribution < -0.4 is 4.74 Å². The van der Waals surface area contributed by atoms with Crippen LogP contribution in [0.2, 0.25) is 0 Å². The van der Waals surface area contributed by atoms with Crippen LogP contribution in [0.4, 0.5) is 0 Å². The standard InChI is InChI=1S/C32H36N2O6/c1-3-36-31(35)16-10-5-4-9-14-28(26-12-7-6-8-13-26)34-39-22-25-17-19-27(20-18-25)38-23-29-24(2)40-32(33-29)30-15-11-21-37-30/h6-8,11-13,15,17-21H,3-5,9-10,14,16,22-23H2,1-2H3/b34-28-. The number of ether oxygens (including phenoxy) is 2. The number of aryl methyl sites for hydroxylation is 1. The van der Waals surface area contributed by atoms with Gasteiger partial charge in [-0.25, -0.2) is 4.98 Å². The SMILES string of the molecule is CCOC(=O)CCCCCC/C(=N/OCc1ccc(OCc2nc(-c3ccco3)oc2C)cc1)c1ccccc1. The molecule has 0 fully saturated rings. The van der Waals surface area contributed by atoms with Crippen molar-refractivity contribution < 1.29 is 27.9 Å². The van der Waals surface area contributed by atoms with E-state index in [1.54, 1.807) is 18.4 Å². The number of rotatable bonds is 16. The largest absolute Gasteiger partial charge is 0.487 e. The monoisotopic (exact) mass is 544 g/mol. The van der Waals surface area contributed by atoms with Gasteiger partial charge in [-0.3, -0.25) is 4.79 Å². The molecule has 2 aromatic carbocycles. The number of esters is 1. The first kappa shape index (κ1) is 28.7. The molecule has 2 heterocycles. The molecule has 210 valence electrons. The zero-order valence-corrected chi connectivity index (χ0v) is 23.1. The van der Waals surface area contributed by atoms with Crippen LogP contribution >= 0.6 is 0 Å². The molecule has 0 saturated carbocycles. The lowest BCUT2D eigenvalue weighted by molar-refractivity contribution is -0.143. The molecular weight excluding hydrogens is 508 g/mol. The van der Waals surface area contributed by atoms with Gasteiger partial charge in [-0.15, -0.1) is 0 Å². The number of carbonyl (C=O) groups is 1. The van der Waals surface area contributed by atoms with Gasteiger partial charge in [0.15, 0.2) is 5.76 Å². The lowest BCUT2D eigenvalue weighted by atomic mass is 10.0. The molecule has 0 bridgehead atoms. The van der Waals surface area contributed by atoms with Crippen molar-refractivity contribution in [2.45, 2.75) is 65.6 Å². The minimum atomic E-state index is -0.119. The van der Waals surface area contributed by atoms with Crippen molar-refractivity contribution >= 4 is 11.7 Å². The highest BCUT2D eigenvalue weighted by atomic mass is 16.6. The first-order valence-electron chi connectivity index (χ1n) is 13.7. The number of carbonyl (C=O) groups excluding carboxylic acids is 1. The van der Waals surface area contributed by atoms with Gasteiger partial charge in [0.2, 0.25) is 0 Å². The maximum atomic E-state index is 11.5. The topological polar surface area (TPSA) is 96.3 Å². The van der Waals surface area contributed by atoms with Crippen molar-refractivity contribution in [1.29, 1.82) is 0 Å². The number of oxazole rings is 1. The summed E-state index contributed by atoms with van der Waals surface area (Å²) in [5.74, 6) is 2.33.